The molecule has 0 aliphatic heterocycles. The van der Waals surface area contributed by atoms with E-state index in [4.69, 9.17) is 15.5 Å². The van der Waals surface area contributed by atoms with Crippen LogP contribution in [0.15, 0.2) is 24.3 Å². The Morgan fingerprint density at radius 1 is 1.38 bits per heavy atom. The molecule has 4 N–H and O–H groups in total. The van der Waals surface area contributed by atoms with E-state index in [1.165, 1.54) is 12.1 Å². The van der Waals surface area contributed by atoms with Crippen molar-refractivity contribution in [3.05, 3.63) is 24.3 Å². The van der Waals surface area contributed by atoms with E-state index >= 15 is 0 Å². The first kappa shape index (κ1) is 12.6. The van der Waals surface area contributed by atoms with E-state index in [0.717, 1.165) is 0 Å². The molecule has 0 spiro atoms. The van der Waals surface area contributed by atoms with Crippen LogP contribution in [0.3, 0.4) is 0 Å². The average Bonchev–Trinajstić information content (AvgIpc) is 1.91. The van der Waals surface area contributed by atoms with Gasteiger partial charge in [0.05, 0.1) is 5.69 Å². The summed E-state index contributed by atoms with van der Waals surface area (Å²) in [7, 11) is -4.49. The van der Waals surface area contributed by atoms with E-state index in [9.17, 15) is 4.57 Å². The summed E-state index contributed by atoms with van der Waals surface area (Å²) in [5, 5.41) is 0. The van der Waals surface area contributed by atoms with Gasteiger partial charge in [0.1, 0.15) is 0 Å². The summed E-state index contributed by atoms with van der Waals surface area (Å²) >= 11 is 0. The van der Waals surface area contributed by atoms with E-state index in [1.54, 1.807) is 12.1 Å². The molecule has 1 aromatic rings. The van der Waals surface area contributed by atoms with Gasteiger partial charge < -0.3 is 11.7 Å². The number of hydrogen-bond donors (Lipinski definition) is 3. The standard InChI is InChI=1S/C6H8NO4P.Li.H/c7-5-3-1-2-4-6(5)11-12(8,9)10;;/h1-4H,7H2,(H2,8,9,10);;/q;+1;-1. The first-order chi connectivity index (χ1) is 5.49. The van der Waals surface area contributed by atoms with Crippen LogP contribution in [0, 0.1) is 0 Å². The maximum atomic E-state index is 10.4. The molecule has 1 aromatic carbocycles. The quantitative estimate of drug-likeness (QED) is 0.285. The average molecular weight is 197 g/mol. The predicted molar refractivity (Wildman–Crippen MR) is 44.6 cm³/mol. The first-order valence-corrected chi connectivity index (χ1v) is 4.62. The number of para-hydroxylation sites is 2. The SMILES string of the molecule is Nc1ccccc1OP(=O)(O)O.[H-].[Li+]. The van der Waals surface area contributed by atoms with Crippen molar-refractivity contribution < 1.29 is 39.2 Å². The first-order valence-electron chi connectivity index (χ1n) is 3.09. The van der Waals surface area contributed by atoms with E-state index in [-0.39, 0.29) is 31.7 Å². The molecule has 0 aliphatic rings. The Balaban J connectivity index is 0. The number of phosphoric ester groups is 1. The van der Waals surface area contributed by atoms with Crippen LogP contribution in [0.4, 0.5) is 5.69 Å². The molecule has 0 bridgehead atoms. The van der Waals surface area contributed by atoms with Crippen molar-refractivity contribution in [2.75, 3.05) is 5.73 Å². The third-order valence-corrected chi connectivity index (χ3v) is 1.57. The molecular weight excluding hydrogens is 188 g/mol. The zero-order valence-electron chi connectivity index (χ0n) is 8.04. The van der Waals surface area contributed by atoms with Crippen molar-refractivity contribution in [2.45, 2.75) is 0 Å². The maximum Gasteiger partial charge on any atom is 1.00 e. The number of nitrogen functional groups attached to an aromatic ring is 1. The molecule has 68 valence electrons. The largest absolute Gasteiger partial charge is 1.00 e. The van der Waals surface area contributed by atoms with Gasteiger partial charge in [-0.25, -0.2) is 4.57 Å². The second-order valence-electron chi connectivity index (χ2n) is 2.12. The number of phosphoric acid groups is 1. The molecule has 0 saturated carbocycles. The number of benzene rings is 1. The van der Waals surface area contributed by atoms with Crippen LogP contribution in [-0.4, -0.2) is 9.79 Å². The fourth-order valence-electron chi connectivity index (χ4n) is 0.692. The molecule has 0 amide bonds. The Bertz CT molecular complexity index is 331. The van der Waals surface area contributed by atoms with Gasteiger partial charge in [0.15, 0.2) is 5.75 Å². The third kappa shape index (κ3) is 4.37. The Morgan fingerprint density at radius 3 is 2.38 bits per heavy atom. The molecule has 5 nitrogen and oxygen atoms in total. The Kier molecular flexibility index (Phi) is 4.55. The summed E-state index contributed by atoms with van der Waals surface area (Å²) < 4.78 is 14.6. The number of anilines is 1. The molecule has 0 fully saturated rings. The predicted octanol–water partition coefficient (Wildman–Crippen LogP) is -2.14. The van der Waals surface area contributed by atoms with Crippen LogP contribution < -0.4 is 29.1 Å². The summed E-state index contributed by atoms with van der Waals surface area (Å²) in [6, 6.07) is 6.09. The molecule has 0 aliphatic carbocycles. The molecule has 0 radical (unpaired) electrons. The zero-order valence-corrected chi connectivity index (χ0v) is 7.94. The molecule has 0 unspecified atom stereocenters. The van der Waals surface area contributed by atoms with E-state index < -0.39 is 7.82 Å². The number of nitrogens with two attached hydrogens (primary N) is 1. The molecule has 7 heteroatoms. The van der Waals surface area contributed by atoms with Crippen LogP contribution in [0.5, 0.6) is 5.75 Å². The van der Waals surface area contributed by atoms with E-state index in [1.807, 2.05) is 0 Å². The minimum atomic E-state index is -4.49. The van der Waals surface area contributed by atoms with Crippen molar-refractivity contribution in [1.82, 2.24) is 0 Å². The van der Waals surface area contributed by atoms with Gasteiger partial charge in [0.25, 0.3) is 0 Å². The van der Waals surface area contributed by atoms with E-state index in [2.05, 4.69) is 4.52 Å². The van der Waals surface area contributed by atoms with Crippen LogP contribution in [-0.2, 0) is 4.57 Å². The molecule has 0 aromatic heterocycles. The Labute approximate surface area is 88.8 Å². The maximum absolute atomic E-state index is 10.4. The molecular formula is C6H9LiNO4P. The van der Waals surface area contributed by atoms with Crippen LogP contribution in [0.2, 0.25) is 0 Å². The minimum Gasteiger partial charge on any atom is -1.00 e. The van der Waals surface area contributed by atoms with E-state index in [0.29, 0.717) is 0 Å². The van der Waals surface area contributed by atoms with Crippen molar-refractivity contribution in [3.8, 4) is 5.75 Å². The monoisotopic (exact) mass is 197 g/mol. The Morgan fingerprint density at radius 2 is 1.92 bits per heavy atom. The molecule has 13 heavy (non-hydrogen) atoms. The summed E-state index contributed by atoms with van der Waals surface area (Å²) in [5.41, 5.74) is 5.55. The van der Waals surface area contributed by atoms with Gasteiger partial charge in [-0.2, -0.15) is 0 Å². The fraction of sp³-hybridized carbons (Fsp3) is 0. The molecule has 0 heterocycles. The van der Waals surface area contributed by atoms with Gasteiger partial charge in [-0.1, -0.05) is 12.1 Å². The van der Waals surface area contributed by atoms with Gasteiger partial charge in [-0.15, -0.1) is 0 Å². The molecule has 0 saturated heterocycles. The van der Waals surface area contributed by atoms with Crippen molar-refractivity contribution in [2.24, 2.45) is 0 Å². The normalized spacial score (nSPS) is 10.3. The smallest absolute Gasteiger partial charge is 1.00 e. The van der Waals surface area contributed by atoms with Gasteiger partial charge in [-0.05, 0) is 12.1 Å². The fourth-order valence-corrected chi connectivity index (χ4v) is 1.11. The molecule has 0 atom stereocenters. The Hall–Kier alpha value is -0.433. The van der Waals surface area contributed by atoms with Gasteiger partial charge in [0.2, 0.25) is 0 Å². The second kappa shape index (κ2) is 4.71. The van der Waals surface area contributed by atoms with Gasteiger partial charge in [0, 0.05) is 0 Å². The topological polar surface area (TPSA) is 92.8 Å². The van der Waals surface area contributed by atoms with Gasteiger partial charge >= 0.3 is 26.7 Å². The minimum absolute atomic E-state index is 0. The van der Waals surface area contributed by atoms with Crippen LogP contribution in [0.25, 0.3) is 0 Å². The van der Waals surface area contributed by atoms with Crippen molar-refractivity contribution in [1.29, 1.82) is 0 Å². The third-order valence-electron chi connectivity index (χ3n) is 1.14. The molecule has 1 rings (SSSR count). The summed E-state index contributed by atoms with van der Waals surface area (Å²) in [6.45, 7) is 0. The van der Waals surface area contributed by atoms with Crippen molar-refractivity contribution >= 4 is 13.5 Å². The zero-order chi connectivity index (χ0) is 9.19. The summed E-state index contributed by atoms with van der Waals surface area (Å²) in [6.07, 6.45) is 0. The summed E-state index contributed by atoms with van der Waals surface area (Å²) in [4.78, 5) is 16.9. The number of rotatable bonds is 2. The number of hydrogen-bond acceptors (Lipinski definition) is 3. The van der Waals surface area contributed by atoms with Gasteiger partial charge in [-0.3, -0.25) is 9.79 Å². The van der Waals surface area contributed by atoms with Crippen LogP contribution >= 0.6 is 7.82 Å². The second-order valence-corrected chi connectivity index (χ2v) is 3.28. The van der Waals surface area contributed by atoms with Crippen molar-refractivity contribution in [3.63, 3.8) is 0 Å². The van der Waals surface area contributed by atoms with Crippen LogP contribution in [0.1, 0.15) is 1.43 Å². The summed E-state index contributed by atoms with van der Waals surface area (Å²) in [5.74, 6) is -0.00849.